The molecule has 1 aromatic rings. The number of hydrogen-bond acceptors (Lipinski definition) is 6. The van der Waals surface area contributed by atoms with E-state index in [0.717, 1.165) is 25.7 Å². The van der Waals surface area contributed by atoms with Crippen LogP contribution in [-0.4, -0.2) is 52.1 Å². The summed E-state index contributed by atoms with van der Waals surface area (Å²) in [6.07, 6.45) is 1.90. The average molecular weight is 266 g/mol. The number of likely N-dealkylation sites (tertiary alicyclic amines) is 1. The molecule has 2 rings (SSSR count). The SMILES string of the molecule is CN1CCC(Nc2cc(C(=O)O)c([N+](=O)[O-])cn2)C1. The van der Waals surface area contributed by atoms with Crippen LogP contribution in [0, 0.1) is 10.1 Å². The summed E-state index contributed by atoms with van der Waals surface area (Å²) in [5, 5.41) is 22.8. The number of nitrogens with zero attached hydrogens (tertiary/aromatic N) is 3. The maximum absolute atomic E-state index is 11.0. The number of aromatic carboxylic acids is 1. The van der Waals surface area contributed by atoms with Crippen molar-refractivity contribution in [1.29, 1.82) is 0 Å². The number of carboxylic acids is 1. The topological polar surface area (TPSA) is 109 Å². The van der Waals surface area contributed by atoms with Gasteiger partial charge in [-0.15, -0.1) is 0 Å². The van der Waals surface area contributed by atoms with Crippen molar-refractivity contribution >= 4 is 17.5 Å². The number of hydrogen-bond donors (Lipinski definition) is 2. The molecule has 1 atom stereocenters. The largest absolute Gasteiger partial charge is 0.477 e. The van der Waals surface area contributed by atoms with Crippen LogP contribution in [0.2, 0.25) is 0 Å². The predicted octanol–water partition coefficient (Wildman–Crippen LogP) is 0.804. The van der Waals surface area contributed by atoms with Gasteiger partial charge >= 0.3 is 11.7 Å². The predicted molar refractivity (Wildman–Crippen MR) is 67.4 cm³/mol. The Bertz CT molecular complexity index is 519. The van der Waals surface area contributed by atoms with Gasteiger partial charge < -0.3 is 15.3 Å². The van der Waals surface area contributed by atoms with Crippen LogP contribution in [0.3, 0.4) is 0 Å². The highest BCUT2D eigenvalue weighted by Crippen LogP contribution is 2.21. The molecule has 0 bridgehead atoms. The monoisotopic (exact) mass is 266 g/mol. The Kier molecular flexibility index (Phi) is 3.61. The minimum absolute atomic E-state index is 0.181. The molecule has 1 unspecified atom stereocenters. The van der Waals surface area contributed by atoms with Gasteiger partial charge in [-0.1, -0.05) is 0 Å². The molecule has 2 N–H and O–H groups in total. The fourth-order valence-electron chi connectivity index (χ4n) is 2.11. The van der Waals surface area contributed by atoms with Crippen LogP contribution < -0.4 is 5.32 Å². The van der Waals surface area contributed by atoms with E-state index in [-0.39, 0.29) is 11.6 Å². The lowest BCUT2D eigenvalue weighted by Gasteiger charge is -2.13. The Morgan fingerprint density at radius 1 is 1.68 bits per heavy atom. The number of anilines is 1. The lowest BCUT2D eigenvalue weighted by Crippen LogP contribution is -2.24. The van der Waals surface area contributed by atoms with Gasteiger partial charge in [0.15, 0.2) is 0 Å². The van der Waals surface area contributed by atoms with Gasteiger partial charge in [0.1, 0.15) is 17.6 Å². The summed E-state index contributed by atoms with van der Waals surface area (Å²) >= 11 is 0. The van der Waals surface area contributed by atoms with Gasteiger partial charge in [0.05, 0.1) is 4.92 Å². The number of carbonyl (C=O) groups is 1. The first-order valence-corrected chi connectivity index (χ1v) is 5.80. The standard InChI is InChI=1S/C11H14N4O4/c1-14-3-2-7(6-14)13-10-4-8(11(16)17)9(5-12-10)15(18)19/h4-5,7H,2-3,6H2,1H3,(H,12,13)(H,16,17). The number of pyridine rings is 1. The molecule has 2 heterocycles. The number of likely N-dealkylation sites (N-methyl/N-ethyl adjacent to an activating group) is 1. The van der Waals surface area contributed by atoms with E-state index in [1.54, 1.807) is 0 Å². The van der Waals surface area contributed by atoms with E-state index in [9.17, 15) is 14.9 Å². The number of aromatic nitrogens is 1. The zero-order chi connectivity index (χ0) is 14.0. The van der Waals surface area contributed by atoms with E-state index in [1.807, 2.05) is 7.05 Å². The molecule has 1 aliphatic rings. The Hall–Kier alpha value is -2.22. The summed E-state index contributed by atoms with van der Waals surface area (Å²) in [4.78, 5) is 27.0. The second-order valence-electron chi connectivity index (χ2n) is 4.54. The van der Waals surface area contributed by atoms with Crippen LogP contribution in [0.5, 0.6) is 0 Å². The molecule has 1 aliphatic heterocycles. The first-order valence-electron chi connectivity index (χ1n) is 5.80. The maximum Gasteiger partial charge on any atom is 0.342 e. The molecule has 1 saturated heterocycles. The van der Waals surface area contributed by atoms with Crippen molar-refractivity contribution in [1.82, 2.24) is 9.88 Å². The average Bonchev–Trinajstić information content (AvgIpc) is 2.74. The highest BCUT2D eigenvalue weighted by Gasteiger charge is 2.23. The second kappa shape index (κ2) is 5.19. The van der Waals surface area contributed by atoms with Gasteiger partial charge in [-0.3, -0.25) is 10.1 Å². The smallest absolute Gasteiger partial charge is 0.342 e. The summed E-state index contributed by atoms with van der Waals surface area (Å²) in [6, 6.07) is 1.39. The summed E-state index contributed by atoms with van der Waals surface area (Å²) in [7, 11) is 1.99. The molecule has 19 heavy (non-hydrogen) atoms. The molecule has 8 nitrogen and oxygen atoms in total. The molecule has 0 aromatic carbocycles. The van der Waals surface area contributed by atoms with Crippen LogP contribution in [-0.2, 0) is 0 Å². The third-order valence-corrected chi connectivity index (χ3v) is 3.05. The van der Waals surface area contributed by atoms with Crippen molar-refractivity contribution in [3.63, 3.8) is 0 Å². The minimum Gasteiger partial charge on any atom is -0.477 e. The van der Waals surface area contributed by atoms with Gasteiger partial charge in [-0.05, 0) is 20.0 Å². The zero-order valence-corrected chi connectivity index (χ0v) is 10.4. The Morgan fingerprint density at radius 3 is 2.95 bits per heavy atom. The third-order valence-electron chi connectivity index (χ3n) is 3.05. The molecule has 1 fully saturated rings. The first-order chi connectivity index (χ1) is 8.97. The summed E-state index contributed by atoms with van der Waals surface area (Å²) in [6.45, 7) is 1.79. The van der Waals surface area contributed by atoms with Crippen molar-refractivity contribution in [3.05, 3.63) is 27.9 Å². The molecule has 0 aliphatic carbocycles. The van der Waals surface area contributed by atoms with E-state index in [2.05, 4.69) is 15.2 Å². The van der Waals surface area contributed by atoms with E-state index in [1.165, 1.54) is 6.07 Å². The Labute approximate surface area is 109 Å². The molecule has 0 radical (unpaired) electrons. The molecule has 102 valence electrons. The lowest BCUT2D eigenvalue weighted by atomic mass is 10.2. The van der Waals surface area contributed by atoms with E-state index in [0.29, 0.717) is 5.82 Å². The lowest BCUT2D eigenvalue weighted by molar-refractivity contribution is -0.385. The number of nitrogens with one attached hydrogen (secondary N) is 1. The molecule has 0 saturated carbocycles. The van der Waals surface area contributed by atoms with Crippen LogP contribution in [0.25, 0.3) is 0 Å². The molecular formula is C11H14N4O4. The Morgan fingerprint density at radius 2 is 2.42 bits per heavy atom. The number of carboxylic acid groups (broad SMARTS) is 1. The van der Waals surface area contributed by atoms with E-state index in [4.69, 9.17) is 5.11 Å². The number of rotatable bonds is 4. The van der Waals surface area contributed by atoms with Gasteiger partial charge in [0.25, 0.3) is 0 Å². The maximum atomic E-state index is 11.0. The van der Waals surface area contributed by atoms with Crippen molar-refractivity contribution in [2.45, 2.75) is 12.5 Å². The van der Waals surface area contributed by atoms with Crippen molar-refractivity contribution in [3.8, 4) is 0 Å². The van der Waals surface area contributed by atoms with E-state index >= 15 is 0 Å². The summed E-state index contributed by atoms with van der Waals surface area (Å²) in [5.41, 5.74) is -0.851. The van der Waals surface area contributed by atoms with Gasteiger partial charge in [0.2, 0.25) is 0 Å². The second-order valence-corrected chi connectivity index (χ2v) is 4.54. The highest BCUT2D eigenvalue weighted by atomic mass is 16.6. The van der Waals surface area contributed by atoms with Crippen LogP contribution >= 0.6 is 0 Å². The molecule has 8 heteroatoms. The Balaban J connectivity index is 2.21. The normalized spacial score (nSPS) is 19.3. The zero-order valence-electron chi connectivity index (χ0n) is 10.4. The van der Waals surface area contributed by atoms with Gasteiger partial charge in [-0.25, -0.2) is 9.78 Å². The first kappa shape index (κ1) is 13.2. The fraction of sp³-hybridized carbons (Fsp3) is 0.455. The van der Waals surface area contributed by atoms with Crippen LogP contribution in [0.4, 0.5) is 11.5 Å². The van der Waals surface area contributed by atoms with Crippen molar-refractivity contribution < 1.29 is 14.8 Å². The van der Waals surface area contributed by atoms with E-state index < -0.39 is 16.6 Å². The fourth-order valence-corrected chi connectivity index (χ4v) is 2.11. The molecular weight excluding hydrogens is 252 g/mol. The third kappa shape index (κ3) is 2.97. The van der Waals surface area contributed by atoms with Crippen molar-refractivity contribution in [2.24, 2.45) is 0 Å². The molecule has 0 amide bonds. The highest BCUT2D eigenvalue weighted by molar-refractivity contribution is 5.93. The van der Waals surface area contributed by atoms with Gasteiger partial charge in [-0.2, -0.15) is 0 Å². The summed E-state index contributed by atoms with van der Waals surface area (Å²) in [5.74, 6) is -0.982. The summed E-state index contributed by atoms with van der Waals surface area (Å²) < 4.78 is 0. The van der Waals surface area contributed by atoms with Gasteiger partial charge in [0, 0.05) is 18.7 Å². The van der Waals surface area contributed by atoms with Crippen molar-refractivity contribution in [2.75, 3.05) is 25.5 Å². The van der Waals surface area contributed by atoms with Crippen LogP contribution in [0.15, 0.2) is 12.3 Å². The molecule has 1 aromatic heterocycles. The minimum atomic E-state index is -1.33. The molecule has 0 spiro atoms. The number of nitro groups is 1. The quantitative estimate of drug-likeness (QED) is 0.613. The van der Waals surface area contributed by atoms with Crippen LogP contribution in [0.1, 0.15) is 16.8 Å².